The van der Waals surface area contributed by atoms with Crippen molar-refractivity contribution in [3.05, 3.63) is 47.0 Å². The van der Waals surface area contributed by atoms with Gasteiger partial charge in [-0.25, -0.2) is 4.98 Å². The normalized spacial score (nSPS) is 10.2. The number of carbonyl (C=O) groups excluding carboxylic acids is 1. The Bertz CT molecular complexity index is 537. The third-order valence-electron chi connectivity index (χ3n) is 2.37. The van der Waals surface area contributed by atoms with Gasteiger partial charge < -0.3 is 9.30 Å². The molecule has 0 aliphatic carbocycles. The van der Waals surface area contributed by atoms with E-state index in [4.69, 9.17) is 16.3 Å². The molecule has 0 atom stereocenters. The summed E-state index contributed by atoms with van der Waals surface area (Å²) in [6.07, 6.45) is 4.29. The monoisotopic (exact) mass is 250 g/mol. The lowest BCUT2D eigenvalue weighted by Gasteiger charge is -2.08. The van der Waals surface area contributed by atoms with E-state index in [9.17, 15) is 4.79 Å². The Hall–Kier alpha value is -1.81. The molecule has 0 radical (unpaired) electrons. The molecular weight excluding hydrogens is 240 g/mol. The number of rotatable bonds is 4. The SMILES string of the molecule is Cn1ccnc1COc1ccc(C=O)cc1Cl. The van der Waals surface area contributed by atoms with E-state index in [1.165, 1.54) is 0 Å². The molecule has 0 aliphatic heterocycles. The zero-order valence-electron chi connectivity index (χ0n) is 9.26. The van der Waals surface area contributed by atoms with Gasteiger partial charge >= 0.3 is 0 Å². The van der Waals surface area contributed by atoms with Crippen LogP contribution in [0.15, 0.2) is 30.6 Å². The number of carbonyl (C=O) groups is 1. The molecule has 0 N–H and O–H groups in total. The van der Waals surface area contributed by atoms with Crippen LogP contribution in [0.3, 0.4) is 0 Å². The van der Waals surface area contributed by atoms with E-state index in [0.29, 0.717) is 22.9 Å². The average molecular weight is 251 g/mol. The summed E-state index contributed by atoms with van der Waals surface area (Å²) in [4.78, 5) is 14.7. The Morgan fingerprint density at radius 1 is 1.53 bits per heavy atom. The second-order valence-electron chi connectivity index (χ2n) is 3.55. The van der Waals surface area contributed by atoms with Crippen LogP contribution in [-0.2, 0) is 13.7 Å². The maximum absolute atomic E-state index is 10.5. The van der Waals surface area contributed by atoms with Gasteiger partial charge in [0.05, 0.1) is 5.02 Å². The average Bonchev–Trinajstić information content (AvgIpc) is 2.73. The van der Waals surface area contributed by atoms with Crippen molar-refractivity contribution in [1.29, 1.82) is 0 Å². The molecule has 5 heteroatoms. The summed E-state index contributed by atoms with van der Waals surface area (Å²) in [5.74, 6) is 1.35. The molecule has 2 aromatic rings. The molecule has 0 amide bonds. The van der Waals surface area contributed by atoms with Gasteiger partial charge in [0.2, 0.25) is 0 Å². The van der Waals surface area contributed by atoms with E-state index in [2.05, 4.69) is 4.98 Å². The van der Waals surface area contributed by atoms with Gasteiger partial charge in [-0.1, -0.05) is 11.6 Å². The summed E-state index contributed by atoms with van der Waals surface area (Å²) in [7, 11) is 1.89. The highest BCUT2D eigenvalue weighted by molar-refractivity contribution is 6.32. The molecule has 1 aromatic carbocycles. The fourth-order valence-electron chi connectivity index (χ4n) is 1.39. The molecule has 17 heavy (non-hydrogen) atoms. The van der Waals surface area contributed by atoms with Crippen LogP contribution in [0.25, 0.3) is 0 Å². The Kier molecular flexibility index (Phi) is 3.44. The standard InChI is InChI=1S/C12H11ClN2O2/c1-15-5-4-14-12(15)8-17-11-3-2-9(7-16)6-10(11)13/h2-7H,8H2,1H3. The Balaban J connectivity index is 2.09. The van der Waals surface area contributed by atoms with Crippen LogP contribution >= 0.6 is 11.6 Å². The van der Waals surface area contributed by atoms with Gasteiger partial charge in [-0.2, -0.15) is 0 Å². The smallest absolute Gasteiger partial charge is 0.150 e. The van der Waals surface area contributed by atoms with Crippen LogP contribution in [0, 0.1) is 0 Å². The maximum atomic E-state index is 10.5. The zero-order valence-corrected chi connectivity index (χ0v) is 10.0. The fourth-order valence-corrected chi connectivity index (χ4v) is 1.63. The summed E-state index contributed by atoms with van der Waals surface area (Å²) >= 11 is 5.98. The van der Waals surface area contributed by atoms with E-state index >= 15 is 0 Å². The number of aromatic nitrogens is 2. The summed E-state index contributed by atoms with van der Waals surface area (Å²) in [6.45, 7) is 0.337. The predicted molar refractivity (Wildman–Crippen MR) is 64.4 cm³/mol. The molecule has 0 spiro atoms. The quantitative estimate of drug-likeness (QED) is 0.783. The van der Waals surface area contributed by atoms with Crippen molar-refractivity contribution >= 4 is 17.9 Å². The summed E-state index contributed by atoms with van der Waals surface area (Å²) in [5.41, 5.74) is 0.527. The number of aldehydes is 1. The van der Waals surface area contributed by atoms with E-state index in [0.717, 1.165) is 12.1 Å². The summed E-state index contributed by atoms with van der Waals surface area (Å²) < 4.78 is 7.40. The topological polar surface area (TPSA) is 44.1 Å². The first-order chi connectivity index (χ1) is 8.20. The number of nitrogens with zero attached hydrogens (tertiary/aromatic N) is 2. The third-order valence-corrected chi connectivity index (χ3v) is 2.67. The number of hydrogen-bond acceptors (Lipinski definition) is 3. The van der Waals surface area contributed by atoms with E-state index in [1.54, 1.807) is 24.4 Å². The number of imidazole rings is 1. The van der Waals surface area contributed by atoms with Crippen LogP contribution in [0.4, 0.5) is 0 Å². The molecule has 1 heterocycles. The Morgan fingerprint density at radius 2 is 2.35 bits per heavy atom. The van der Waals surface area contributed by atoms with Crippen molar-refractivity contribution in [2.45, 2.75) is 6.61 Å². The molecule has 2 rings (SSSR count). The number of ether oxygens (including phenoxy) is 1. The van der Waals surface area contributed by atoms with E-state index in [-0.39, 0.29) is 0 Å². The molecule has 0 saturated heterocycles. The van der Waals surface area contributed by atoms with Crippen LogP contribution in [0.1, 0.15) is 16.2 Å². The molecule has 0 unspecified atom stereocenters. The molecule has 1 aromatic heterocycles. The van der Waals surface area contributed by atoms with Crippen molar-refractivity contribution in [2.75, 3.05) is 0 Å². The summed E-state index contributed by atoms with van der Waals surface area (Å²) in [5, 5.41) is 0.420. The largest absolute Gasteiger partial charge is 0.484 e. The minimum Gasteiger partial charge on any atom is -0.484 e. The molecule has 0 saturated carbocycles. The maximum Gasteiger partial charge on any atom is 0.150 e. The van der Waals surface area contributed by atoms with Crippen LogP contribution in [0.5, 0.6) is 5.75 Å². The second kappa shape index (κ2) is 5.01. The fraction of sp³-hybridized carbons (Fsp3) is 0.167. The van der Waals surface area contributed by atoms with Gasteiger partial charge in [-0.3, -0.25) is 4.79 Å². The van der Waals surface area contributed by atoms with Gasteiger partial charge in [0.1, 0.15) is 24.5 Å². The minimum absolute atomic E-state index is 0.337. The molecule has 88 valence electrons. The number of halogens is 1. The van der Waals surface area contributed by atoms with Gasteiger partial charge in [0.25, 0.3) is 0 Å². The number of aryl methyl sites for hydroxylation is 1. The van der Waals surface area contributed by atoms with Crippen LogP contribution < -0.4 is 4.74 Å². The lowest BCUT2D eigenvalue weighted by Crippen LogP contribution is -2.03. The van der Waals surface area contributed by atoms with Crippen molar-refractivity contribution in [1.82, 2.24) is 9.55 Å². The molecule has 0 bridgehead atoms. The van der Waals surface area contributed by atoms with Crippen LogP contribution in [-0.4, -0.2) is 15.8 Å². The highest BCUT2D eigenvalue weighted by atomic mass is 35.5. The Morgan fingerprint density at radius 3 is 2.94 bits per heavy atom. The lowest BCUT2D eigenvalue weighted by atomic mass is 10.2. The highest BCUT2D eigenvalue weighted by Gasteiger charge is 2.05. The van der Waals surface area contributed by atoms with Gasteiger partial charge in [-0.15, -0.1) is 0 Å². The number of benzene rings is 1. The third kappa shape index (κ3) is 2.65. The molecule has 0 fully saturated rings. The molecular formula is C12H11ClN2O2. The zero-order chi connectivity index (χ0) is 12.3. The van der Waals surface area contributed by atoms with Gasteiger partial charge in [-0.05, 0) is 18.2 Å². The van der Waals surface area contributed by atoms with Crippen LogP contribution in [0.2, 0.25) is 5.02 Å². The predicted octanol–water partition coefficient (Wildman–Crippen LogP) is 2.47. The second-order valence-corrected chi connectivity index (χ2v) is 3.96. The van der Waals surface area contributed by atoms with Crippen molar-refractivity contribution in [3.63, 3.8) is 0 Å². The first-order valence-electron chi connectivity index (χ1n) is 5.04. The number of hydrogen-bond donors (Lipinski definition) is 0. The van der Waals surface area contributed by atoms with Crippen molar-refractivity contribution in [2.24, 2.45) is 7.05 Å². The van der Waals surface area contributed by atoms with Crippen molar-refractivity contribution < 1.29 is 9.53 Å². The first kappa shape index (κ1) is 11.7. The van der Waals surface area contributed by atoms with Crippen molar-refractivity contribution in [3.8, 4) is 5.75 Å². The highest BCUT2D eigenvalue weighted by Crippen LogP contribution is 2.25. The Labute approximate surface area is 104 Å². The lowest BCUT2D eigenvalue weighted by molar-refractivity contribution is 0.112. The van der Waals surface area contributed by atoms with Gasteiger partial charge in [0, 0.05) is 25.0 Å². The molecule has 4 nitrogen and oxygen atoms in total. The molecule has 0 aliphatic rings. The van der Waals surface area contributed by atoms with E-state index < -0.39 is 0 Å². The minimum atomic E-state index is 0.337. The first-order valence-corrected chi connectivity index (χ1v) is 5.42. The van der Waals surface area contributed by atoms with E-state index in [1.807, 2.05) is 17.8 Å². The summed E-state index contributed by atoms with van der Waals surface area (Å²) in [6, 6.07) is 4.91. The van der Waals surface area contributed by atoms with Gasteiger partial charge in [0.15, 0.2) is 0 Å².